The van der Waals surface area contributed by atoms with Gasteiger partial charge in [0.2, 0.25) is 0 Å². The van der Waals surface area contributed by atoms with Crippen LogP contribution in [-0.2, 0) is 6.54 Å². The van der Waals surface area contributed by atoms with E-state index in [1.165, 1.54) is 18.4 Å². The van der Waals surface area contributed by atoms with Crippen molar-refractivity contribution in [2.24, 2.45) is 0 Å². The van der Waals surface area contributed by atoms with Crippen LogP contribution in [0.1, 0.15) is 41.6 Å². The molecular formula is C18H23ClN4O. The van der Waals surface area contributed by atoms with E-state index in [2.05, 4.69) is 27.9 Å². The van der Waals surface area contributed by atoms with E-state index in [1.54, 1.807) is 6.20 Å². The number of nitrogens with zero attached hydrogens (tertiary/aromatic N) is 2. The van der Waals surface area contributed by atoms with Crippen molar-refractivity contribution in [2.75, 3.05) is 0 Å². The summed E-state index contributed by atoms with van der Waals surface area (Å²) in [6, 6.07) is 11.6. The van der Waals surface area contributed by atoms with Crippen LogP contribution < -0.4 is 10.6 Å². The van der Waals surface area contributed by atoms with Crippen molar-refractivity contribution in [1.82, 2.24) is 20.4 Å². The van der Waals surface area contributed by atoms with Crippen molar-refractivity contribution in [3.8, 4) is 0 Å². The Morgan fingerprint density at radius 3 is 2.62 bits per heavy atom. The molecule has 2 aliphatic rings. The second kappa shape index (κ2) is 7.36. The molecule has 24 heavy (non-hydrogen) atoms. The zero-order valence-corrected chi connectivity index (χ0v) is 14.3. The highest BCUT2D eigenvalue weighted by atomic mass is 35.5. The minimum Gasteiger partial charge on any atom is -0.349 e. The van der Waals surface area contributed by atoms with Crippen molar-refractivity contribution in [1.29, 1.82) is 0 Å². The number of aromatic nitrogens is 2. The van der Waals surface area contributed by atoms with Crippen LogP contribution in [0, 0.1) is 0 Å². The van der Waals surface area contributed by atoms with Crippen molar-refractivity contribution in [3.63, 3.8) is 0 Å². The van der Waals surface area contributed by atoms with Gasteiger partial charge in [-0.25, -0.2) is 0 Å². The van der Waals surface area contributed by atoms with Gasteiger partial charge in [-0.1, -0.05) is 30.3 Å². The van der Waals surface area contributed by atoms with Crippen LogP contribution in [0.4, 0.5) is 0 Å². The SMILES string of the molecule is Cl.O=C(NC1CC2CCC(C1)N2)c1cnn(Cc2ccccc2)c1. The molecule has 3 heterocycles. The van der Waals surface area contributed by atoms with E-state index >= 15 is 0 Å². The standard InChI is InChI=1S/C18H22N4O.ClH/c23-18(21-17-8-15-6-7-16(9-17)20-15)14-10-19-22(12-14)11-13-4-2-1-3-5-13;/h1-5,10,12,15-17,20H,6-9,11H2,(H,21,23);1H. The fourth-order valence-electron chi connectivity index (χ4n) is 3.78. The van der Waals surface area contributed by atoms with Crippen LogP contribution in [0.15, 0.2) is 42.7 Å². The Balaban J connectivity index is 0.00000169. The number of carbonyl (C=O) groups is 1. The van der Waals surface area contributed by atoms with E-state index in [1.807, 2.05) is 29.1 Å². The number of fused-ring (bicyclic) bond motifs is 2. The number of piperidine rings is 1. The van der Waals surface area contributed by atoms with Crippen molar-refractivity contribution >= 4 is 18.3 Å². The maximum Gasteiger partial charge on any atom is 0.254 e. The van der Waals surface area contributed by atoms with E-state index in [9.17, 15) is 4.79 Å². The molecule has 128 valence electrons. The highest BCUT2D eigenvalue weighted by molar-refractivity contribution is 5.93. The maximum absolute atomic E-state index is 12.4. The molecule has 2 aliphatic heterocycles. The van der Waals surface area contributed by atoms with Gasteiger partial charge in [-0.15, -0.1) is 12.4 Å². The van der Waals surface area contributed by atoms with Gasteiger partial charge in [0.15, 0.2) is 0 Å². The molecule has 1 aromatic heterocycles. The Bertz CT molecular complexity index is 675. The Kier molecular flexibility index (Phi) is 5.21. The van der Waals surface area contributed by atoms with Crippen molar-refractivity contribution in [3.05, 3.63) is 53.9 Å². The van der Waals surface area contributed by atoms with E-state index in [4.69, 9.17) is 0 Å². The quantitative estimate of drug-likeness (QED) is 0.893. The van der Waals surface area contributed by atoms with E-state index in [-0.39, 0.29) is 18.3 Å². The van der Waals surface area contributed by atoms with Crippen LogP contribution >= 0.6 is 12.4 Å². The maximum atomic E-state index is 12.4. The average Bonchev–Trinajstić information content (AvgIpc) is 3.15. The Morgan fingerprint density at radius 2 is 1.92 bits per heavy atom. The van der Waals surface area contributed by atoms with Gasteiger partial charge in [-0.3, -0.25) is 9.48 Å². The predicted octanol–water partition coefficient (Wildman–Crippen LogP) is 2.37. The second-order valence-electron chi connectivity index (χ2n) is 6.69. The van der Waals surface area contributed by atoms with Gasteiger partial charge in [0.1, 0.15) is 0 Å². The molecule has 2 aromatic rings. The van der Waals surface area contributed by atoms with Crippen LogP contribution in [-0.4, -0.2) is 33.8 Å². The van der Waals surface area contributed by atoms with Gasteiger partial charge in [0.25, 0.3) is 5.91 Å². The summed E-state index contributed by atoms with van der Waals surface area (Å²) in [7, 11) is 0. The molecular weight excluding hydrogens is 324 g/mol. The summed E-state index contributed by atoms with van der Waals surface area (Å²) in [5.41, 5.74) is 1.82. The molecule has 0 aliphatic carbocycles. The number of rotatable bonds is 4. The lowest BCUT2D eigenvalue weighted by atomic mass is 9.99. The van der Waals surface area contributed by atoms with Gasteiger partial charge in [0, 0.05) is 24.3 Å². The predicted molar refractivity (Wildman–Crippen MR) is 95.5 cm³/mol. The summed E-state index contributed by atoms with van der Waals surface area (Å²) in [4.78, 5) is 12.4. The molecule has 2 fully saturated rings. The molecule has 2 N–H and O–H groups in total. The van der Waals surface area contributed by atoms with E-state index in [0.29, 0.717) is 30.2 Å². The third-order valence-corrected chi connectivity index (χ3v) is 4.89. The van der Waals surface area contributed by atoms with Crippen LogP contribution in [0.2, 0.25) is 0 Å². The third kappa shape index (κ3) is 3.79. The number of halogens is 1. The van der Waals surface area contributed by atoms with Crippen LogP contribution in [0.3, 0.4) is 0 Å². The molecule has 0 radical (unpaired) electrons. The summed E-state index contributed by atoms with van der Waals surface area (Å²) >= 11 is 0. The smallest absolute Gasteiger partial charge is 0.254 e. The minimum atomic E-state index is -0.00406. The molecule has 2 atom stereocenters. The summed E-state index contributed by atoms with van der Waals surface area (Å²) in [5.74, 6) is -0.00406. The third-order valence-electron chi connectivity index (χ3n) is 4.89. The molecule has 5 nitrogen and oxygen atoms in total. The molecule has 1 aromatic carbocycles. The van der Waals surface area contributed by atoms with Gasteiger partial charge >= 0.3 is 0 Å². The summed E-state index contributed by atoms with van der Waals surface area (Å²) < 4.78 is 1.82. The number of hydrogen-bond donors (Lipinski definition) is 2. The van der Waals surface area contributed by atoms with Gasteiger partial charge in [-0.05, 0) is 31.2 Å². The number of hydrogen-bond acceptors (Lipinski definition) is 3. The number of benzene rings is 1. The fraction of sp³-hybridized carbons (Fsp3) is 0.444. The normalized spacial score (nSPS) is 25.1. The van der Waals surface area contributed by atoms with Crippen LogP contribution in [0.5, 0.6) is 0 Å². The topological polar surface area (TPSA) is 59.0 Å². The molecule has 2 saturated heterocycles. The fourth-order valence-corrected chi connectivity index (χ4v) is 3.78. The van der Waals surface area contributed by atoms with Gasteiger partial charge in [-0.2, -0.15) is 5.10 Å². The average molecular weight is 347 g/mol. The van der Waals surface area contributed by atoms with Crippen molar-refractivity contribution < 1.29 is 4.79 Å². The lowest BCUT2D eigenvalue weighted by Crippen LogP contribution is -2.47. The monoisotopic (exact) mass is 346 g/mol. The van der Waals surface area contributed by atoms with Gasteiger partial charge in [0.05, 0.1) is 18.3 Å². The first-order chi connectivity index (χ1) is 11.3. The summed E-state index contributed by atoms with van der Waals surface area (Å²) in [5, 5.41) is 11.1. The summed E-state index contributed by atoms with van der Waals surface area (Å²) in [6.45, 7) is 0.686. The highest BCUT2D eigenvalue weighted by Gasteiger charge is 2.34. The van der Waals surface area contributed by atoms with Crippen molar-refractivity contribution in [2.45, 2.75) is 50.4 Å². The molecule has 0 spiro atoms. The molecule has 0 saturated carbocycles. The zero-order chi connectivity index (χ0) is 15.6. The van der Waals surface area contributed by atoms with Crippen LogP contribution in [0.25, 0.3) is 0 Å². The van der Waals surface area contributed by atoms with E-state index < -0.39 is 0 Å². The Morgan fingerprint density at radius 1 is 1.21 bits per heavy atom. The molecule has 4 rings (SSSR count). The first kappa shape index (κ1) is 17.0. The first-order valence-electron chi connectivity index (χ1n) is 8.39. The molecule has 2 bridgehead atoms. The Hall–Kier alpha value is -1.85. The van der Waals surface area contributed by atoms with Gasteiger partial charge < -0.3 is 10.6 Å². The Labute approximate surface area is 148 Å². The minimum absolute atomic E-state index is 0. The highest BCUT2D eigenvalue weighted by Crippen LogP contribution is 2.26. The molecule has 6 heteroatoms. The number of carbonyl (C=O) groups excluding carboxylic acids is 1. The first-order valence-corrected chi connectivity index (χ1v) is 8.39. The second-order valence-corrected chi connectivity index (χ2v) is 6.69. The lowest BCUT2D eigenvalue weighted by molar-refractivity contribution is 0.0924. The lowest BCUT2D eigenvalue weighted by Gasteiger charge is -2.29. The molecule has 1 amide bonds. The molecule has 2 unspecified atom stereocenters. The largest absolute Gasteiger partial charge is 0.349 e. The number of nitrogens with one attached hydrogen (secondary N) is 2. The van der Waals surface area contributed by atoms with E-state index in [0.717, 1.165) is 12.8 Å². The zero-order valence-electron chi connectivity index (χ0n) is 13.5. The number of amides is 1. The summed E-state index contributed by atoms with van der Waals surface area (Å²) in [6.07, 6.45) is 8.06.